The van der Waals surface area contributed by atoms with E-state index in [9.17, 15) is 4.79 Å². The summed E-state index contributed by atoms with van der Waals surface area (Å²) < 4.78 is 9.50. The van der Waals surface area contributed by atoms with Gasteiger partial charge in [0, 0.05) is 6.42 Å². The van der Waals surface area contributed by atoms with Gasteiger partial charge >= 0.3 is 6.16 Å². The van der Waals surface area contributed by atoms with Crippen LogP contribution in [0.25, 0.3) is 0 Å². The molecule has 74 valence electrons. The third kappa shape index (κ3) is 3.97. The molecule has 0 spiro atoms. The number of ether oxygens (including phenoxy) is 2. The van der Waals surface area contributed by atoms with E-state index in [2.05, 4.69) is 16.9 Å². The van der Waals surface area contributed by atoms with Crippen LogP contribution in [0.3, 0.4) is 0 Å². The van der Waals surface area contributed by atoms with Gasteiger partial charge in [-0.15, -0.1) is 0 Å². The maximum absolute atomic E-state index is 10.8. The minimum atomic E-state index is -0.570. The van der Waals surface area contributed by atoms with Crippen molar-refractivity contribution in [2.75, 3.05) is 7.11 Å². The lowest BCUT2D eigenvalue weighted by Gasteiger charge is -2.16. The number of carbonyl (C=O) groups excluding carboxylic acids is 1. The van der Waals surface area contributed by atoms with Crippen molar-refractivity contribution in [1.29, 1.82) is 0 Å². The van der Waals surface area contributed by atoms with Crippen molar-refractivity contribution < 1.29 is 14.3 Å². The Labute approximate surface area is 78.7 Å². The van der Waals surface area contributed by atoms with Gasteiger partial charge in [0.05, 0.1) is 7.11 Å². The number of methoxy groups -OCH3 is 1. The fourth-order valence-corrected chi connectivity index (χ4v) is 1.41. The molecule has 0 aromatic heterocycles. The normalized spacial score (nSPS) is 25.5. The molecule has 1 aliphatic carbocycles. The molecule has 1 rings (SSSR count). The zero-order valence-corrected chi connectivity index (χ0v) is 7.99. The molecule has 0 heterocycles. The Bertz CT molecular complexity index is 187. The van der Waals surface area contributed by atoms with Gasteiger partial charge in [-0.3, -0.25) is 0 Å². The third-order valence-corrected chi connectivity index (χ3v) is 2.14. The molecule has 3 nitrogen and oxygen atoms in total. The van der Waals surface area contributed by atoms with Gasteiger partial charge in [0.25, 0.3) is 0 Å². The van der Waals surface area contributed by atoms with Crippen molar-refractivity contribution >= 4 is 6.16 Å². The average molecular weight is 184 g/mol. The second-order valence-electron chi connectivity index (χ2n) is 3.19. The van der Waals surface area contributed by atoms with Gasteiger partial charge in [-0.05, 0) is 25.7 Å². The number of hydrogen-bond acceptors (Lipinski definition) is 3. The predicted molar refractivity (Wildman–Crippen MR) is 49.5 cm³/mol. The standard InChI is InChI=1S/C10H16O3/c1-12-10(11)13-9-7-5-3-2-4-6-8-9/h3,5,9H,2,4,6-8H2,1H3/b5-3-. The van der Waals surface area contributed by atoms with Gasteiger partial charge in [0.1, 0.15) is 6.10 Å². The molecular weight excluding hydrogens is 168 g/mol. The highest BCUT2D eigenvalue weighted by Gasteiger charge is 2.13. The van der Waals surface area contributed by atoms with Gasteiger partial charge in [0.15, 0.2) is 0 Å². The Kier molecular flexibility index (Phi) is 4.36. The van der Waals surface area contributed by atoms with Crippen molar-refractivity contribution in [3.05, 3.63) is 12.2 Å². The second-order valence-corrected chi connectivity index (χ2v) is 3.19. The molecule has 0 aromatic rings. The van der Waals surface area contributed by atoms with Crippen LogP contribution in [-0.4, -0.2) is 19.4 Å². The van der Waals surface area contributed by atoms with Crippen LogP contribution >= 0.6 is 0 Å². The molecule has 0 radical (unpaired) electrons. The van der Waals surface area contributed by atoms with E-state index in [1.54, 1.807) is 0 Å². The van der Waals surface area contributed by atoms with E-state index in [-0.39, 0.29) is 6.10 Å². The summed E-state index contributed by atoms with van der Waals surface area (Å²) in [6.45, 7) is 0. The topological polar surface area (TPSA) is 35.5 Å². The smallest absolute Gasteiger partial charge is 0.438 e. The number of rotatable bonds is 1. The first-order valence-corrected chi connectivity index (χ1v) is 4.72. The monoisotopic (exact) mass is 184 g/mol. The predicted octanol–water partition coefficient (Wildman–Crippen LogP) is 2.66. The quantitative estimate of drug-likeness (QED) is 0.464. The van der Waals surface area contributed by atoms with Crippen LogP contribution in [-0.2, 0) is 9.47 Å². The molecule has 1 aliphatic rings. The lowest BCUT2D eigenvalue weighted by Crippen LogP contribution is -2.18. The highest BCUT2D eigenvalue weighted by molar-refractivity contribution is 5.59. The molecule has 3 heteroatoms. The van der Waals surface area contributed by atoms with Crippen molar-refractivity contribution in [3.63, 3.8) is 0 Å². The van der Waals surface area contributed by atoms with Crippen molar-refractivity contribution in [3.8, 4) is 0 Å². The maximum Gasteiger partial charge on any atom is 0.508 e. The molecule has 13 heavy (non-hydrogen) atoms. The summed E-state index contributed by atoms with van der Waals surface area (Å²) >= 11 is 0. The van der Waals surface area contributed by atoms with Crippen molar-refractivity contribution in [2.45, 2.75) is 38.2 Å². The van der Waals surface area contributed by atoms with Crippen LogP contribution in [0.2, 0.25) is 0 Å². The zero-order chi connectivity index (χ0) is 9.52. The first-order chi connectivity index (χ1) is 6.33. The molecule has 0 fully saturated rings. The molecule has 0 saturated carbocycles. The first-order valence-electron chi connectivity index (χ1n) is 4.72. The number of carbonyl (C=O) groups is 1. The zero-order valence-electron chi connectivity index (χ0n) is 7.99. The Morgan fingerprint density at radius 1 is 1.38 bits per heavy atom. The molecule has 0 aromatic carbocycles. The van der Waals surface area contributed by atoms with E-state index < -0.39 is 6.16 Å². The van der Waals surface area contributed by atoms with Crippen LogP contribution in [0.4, 0.5) is 4.79 Å². The fourth-order valence-electron chi connectivity index (χ4n) is 1.41. The van der Waals surface area contributed by atoms with Crippen LogP contribution in [0.1, 0.15) is 32.1 Å². The summed E-state index contributed by atoms with van der Waals surface area (Å²) in [6.07, 6.45) is 8.85. The van der Waals surface area contributed by atoms with E-state index in [4.69, 9.17) is 4.74 Å². The fraction of sp³-hybridized carbons (Fsp3) is 0.700. The molecule has 0 saturated heterocycles. The highest BCUT2D eigenvalue weighted by atomic mass is 16.7. The number of allylic oxidation sites excluding steroid dienone is 1. The van der Waals surface area contributed by atoms with Gasteiger partial charge < -0.3 is 9.47 Å². The van der Waals surface area contributed by atoms with Gasteiger partial charge in [-0.2, -0.15) is 0 Å². The van der Waals surface area contributed by atoms with Crippen LogP contribution < -0.4 is 0 Å². The lowest BCUT2D eigenvalue weighted by molar-refractivity contribution is 0.0337. The molecule has 0 N–H and O–H groups in total. The van der Waals surface area contributed by atoms with E-state index in [1.165, 1.54) is 13.5 Å². The van der Waals surface area contributed by atoms with Crippen LogP contribution in [0.5, 0.6) is 0 Å². The third-order valence-electron chi connectivity index (χ3n) is 2.14. The lowest BCUT2D eigenvalue weighted by atomic mass is 10.0. The summed E-state index contributed by atoms with van der Waals surface area (Å²) in [6, 6.07) is 0. The summed E-state index contributed by atoms with van der Waals surface area (Å²) in [5.74, 6) is 0. The Hall–Kier alpha value is -0.990. The summed E-state index contributed by atoms with van der Waals surface area (Å²) in [5.41, 5.74) is 0. The van der Waals surface area contributed by atoms with Crippen LogP contribution in [0, 0.1) is 0 Å². The van der Waals surface area contributed by atoms with Crippen LogP contribution in [0.15, 0.2) is 12.2 Å². The van der Waals surface area contributed by atoms with Crippen molar-refractivity contribution in [1.82, 2.24) is 0 Å². The first kappa shape index (κ1) is 10.1. The summed E-state index contributed by atoms with van der Waals surface area (Å²) in [5, 5.41) is 0. The molecule has 0 amide bonds. The second kappa shape index (κ2) is 5.62. The SMILES string of the molecule is COC(=O)OC1C/C=C\CCCC1. The van der Waals surface area contributed by atoms with Crippen molar-refractivity contribution in [2.24, 2.45) is 0 Å². The Morgan fingerprint density at radius 2 is 2.23 bits per heavy atom. The highest BCUT2D eigenvalue weighted by Crippen LogP contribution is 2.15. The average Bonchev–Trinajstić information content (AvgIpc) is 2.09. The van der Waals surface area contributed by atoms with Gasteiger partial charge in [0.2, 0.25) is 0 Å². The molecule has 1 atom stereocenters. The van der Waals surface area contributed by atoms with E-state index in [0.717, 1.165) is 25.7 Å². The van der Waals surface area contributed by atoms with Gasteiger partial charge in [-0.25, -0.2) is 4.79 Å². The molecular formula is C10H16O3. The maximum atomic E-state index is 10.8. The number of hydrogen-bond donors (Lipinski definition) is 0. The van der Waals surface area contributed by atoms with E-state index >= 15 is 0 Å². The summed E-state index contributed by atoms with van der Waals surface area (Å²) in [4.78, 5) is 10.8. The largest absolute Gasteiger partial charge is 0.508 e. The molecule has 1 unspecified atom stereocenters. The minimum absolute atomic E-state index is 0.00370. The van der Waals surface area contributed by atoms with Gasteiger partial charge in [-0.1, -0.05) is 12.2 Å². The Balaban J connectivity index is 2.33. The minimum Gasteiger partial charge on any atom is -0.438 e. The van der Waals surface area contributed by atoms with E-state index in [1.807, 2.05) is 0 Å². The Morgan fingerprint density at radius 3 is 3.00 bits per heavy atom. The van der Waals surface area contributed by atoms with E-state index in [0.29, 0.717) is 0 Å². The summed E-state index contributed by atoms with van der Waals surface area (Å²) in [7, 11) is 1.33. The molecule has 0 aliphatic heterocycles. The molecule has 0 bridgehead atoms.